The fourth-order valence-electron chi connectivity index (χ4n) is 0.758. The largest absolute Gasteiger partial charge is 0.464 e. The van der Waals surface area contributed by atoms with Crippen molar-refractivity contribution < 1.29 is 9.53 Å². The van der Waals surface area contributed by atoms with E-state index >= 15 is 0 Å². The number of nitrogen functional groups attached to an aromatic ring is 1. The summed E-state index contributed by atoms with van der Waals surface area (Å²) in [7, 11) is 1.24. The molecule has 0 radical (unpaired) electrons. The van der Waals surface area contributed by atoms with E-state index in [9.17, 15) is 4.79 Å². The van der Waals surface area contributed by atoms with Crippen LogP contribution in [0.5, 0.6) is 0 Å². The van der Waals surface area contributed by atoms with Crippen LogP contribution in [0.3, 0.4) is 0 Å². The Morgan fingerprint density at radius 1 is 1.54 bits per heavy atom. The summed E-state index contributed by atoms with van der Waals surface area (Å²) in [6.45, 7) is 1.63. The topological polar surface area (TPSA) is 78.1 Å². The Bertz CT molecular complexity index is 354. The van der Waals surface area contributed by atoms with Crippen LogP contribution in [0.25, 0.3) is 0 Å². The molecule has 0 saturated carbocycles. The number of anilines is 1. The lowest BCUT2D eigenvalue weighted by Gasteiger charge is -2.03. The zero-order valence-electron chi connectivity index (χ0n) is 7.17. The second kappa shape index (κ2) is 3.57. The average Bonchev–Trinajstić information content (AvgIpc) is 2.10. The summed E-state index contributed by atoms with van der Waals surface area (Å²) in [6.07, 6.45) is 0. The molecule has 1 heterocycles. The molecule has 0 fully saturated rings. The van der Waals surface area contributed by atoms with Crippen molar-refractivity contribution in [3.8, 4) is 0 Å². The van der Waals surface area contributed by atoms with Crippen molar-refractivity contribution in [3.05, 3.63) is 16.5 Å². The minimum atomic E-state index is -0.621. The molecular formula is C7H8ClN3O2. The predicted octanol–water partition coefficient (Wildman–Crippen LogP) is 0.807. The number of esters is 1. The van der Waals surface area contributed by atoms with E-state index in [-0.39, 0.29) is 16.7 Å². The lowest BCUT2D eigenvalue weighted by molar-refractivity contribution is 0.0594. The van der Waals surface area contributed by atoms with Crippen molar-refractivity contribution in [2.75, 3.05) is 12.8 Å². The Morgan fingerprint density at radius 2 is 2.15 bits per heavy atom. The Labute approximate surface area is 79.9 Å². The smallest absolute Gasteiger partial charge is 0.360 e. The summed E-state index contributed by atoms with van der Waals surface area (Å²) in [5.41, 5.74) is 5.84. The number of aromatic nitrogens is 2. The first-order valence-corrected chi connectivity index (χ1v) is 3.82. The van der Waals surface area contributed by atoms with Crippen molar-refractivity contribution in [2.45, 2.75) is 6.92 Å². The number of hydrogen-bond donors (Lipinski definition) is 1. The van der Waals surface area contributed by atoms with E-state index in [0.717, 1.165) is 0 Å². The third-order valence-electron chi connectivity index (χ3n) is 1.42. The van der Waals surface area contributed by atoms with E-state index in [2.05, 4.69) is 14.7 Å². The first-order chi connectivity index (χ1) is 6.06. The van der Waals surface area contributed by atoms with Crippen LogP contribution in [0.4, 0.5) is 5.82 Å². The number of halogens is 1. The molecule has 0 amide bonds. The molecule has 70 valence electrons. The Hall–Kier alpha value is -1.36. The standard InChI is InChI=1S/C7H8ClN3O2/c1-3-5(8)11-6(9)4(10-3)7(12)13-2/h1-2H3,(H2,9,11). The second-order valence-electron chi connectivity index (χ2n) is 2.33. The molecule has 1 aromatic rings. The normalized spacial score (nSPS) is 9.77. The van der Waals surface area contributed by atoms with Crippen molar-refractivity contribution in [1.82, 2.24) is 9.97 Å². The molecular weight excluding hydrogens is 194 g/mol. The highest BCUT2D eigenvalue weighted by atomic mass is 35.5. The minimum absolute atomic E-state index is 0.00981. The molecule has 0 aromatic carbocycles. The zero-order chi connectivity index (χ0) is 10.0. The molecule has 0 saturated heterocycles. The van der Waals surface area contributed by atoms with Gasteiger partial charge < -0.3 is 10.5 Å². The van der Waals surface area contributed by atoms with Crippen molar-refractivity contribution in [2.24, 2.45) is 0 Å². The van der Waals surface area contributed by atoms with Crippen LogP contribution >= 0.6 is 11.6 Å². The van der Waals surface area contributed by atoms with Crippen LogP contribution in [0.1, 0.15) is 16.2 Å². The van der Waals surface area contributed by atoms with Crippen LogP contribution in [0.15, 0.2) is 0 Å². The first kappa shape index (κ1) is 9.73. The van der Waals surface area contributed by atoms with Gasteiger partial charge in [-0.2, -0.15) is 0 Å². The van der Waals surface area contributed by atoms with Gasteiger partial charge in [-0.3, -0.25) is 0 Å². The first-order valence-electron chi connectivity index (χ1n) is 3.44. The number of rotatable bonds is 1. The van der Waals surface area contributed by atoms with Gasteiger partial charge in [-0.25, -0.2) is 14.8 Å². The number of nitrogens with zero attached hydrogens (tertiary/aromatic N) is 2. The van der Waals surface area contributed by atoms with E-state index in [1.165, 1.54) is 7.11 Å². The molecule has 0 bridgehead atoms. The van der Waals surface area contributed by atoms with Crippen molar-refractivity contribution in [1.29, 1.82) is 0 Å². The highest BCUT2D eigenvalue weighted by Gasteiger charge is 2.15. The minimum Gasteiger partial charge on any atom is -0.464 e. The number of hydrogen-bond acceptors (Lipinski definition) is 5. The molecule has 2 N–H and O–H groups in total. The summed E-state index contributed by atoms with van der Waals surface area (Å²) in [5.74, 6) is -0.646. The van der Waals surface area contributed by atoms with Crippen molar-refractivity contribution >= 4 is 23.4 Å². The fraction of sp³-hybridized carbons (Fsp3) is 0.286. The SMILES string of the molecule is COC(=O)c1nc(C)c(Cl)nc1N. The third-order valence-corrected chi connectivity index (χ3v) is 1.78. The van der Waals surface area contributed by atoms with Crippen LogP contribution in [-0.4, -0.2) is 23.0 Å². The molecule has 0 unspecified atom stereocenters. The molecule has 0 atom stereocenters. The van der Waals surface area contributed by atoms with Gasteiger partial charge in [0.1, 0.15) is 0 Å². The van der Waals surface area contributed by atoms with E-state index in [0.29, 0.717) is 5.69 Å². The highest BCUT2D eigenvalue weighted by Crippen LogP contribution is 2.15. The molecule has 0 aliphatic carbocycles. The van der Waals surface area contributed by atoms with Gasteiger partial charge in [0.15, 0.2) is 16.7 Å². The number of aryl methyl sites for hydroxylation is 1. The zero-order valence-corrected chi connectivity index (χ0v) is 7.92. The van der Waals surface area contributed by atoms with Crippen LogP contribution in [0, 0.1) is 6.92 Å². The van der Waals surface area contributed by atoms with Gasteiger partial charge in [0.25, 0.3) is 0 Å². The Kier molecular flexibility index (Phi) is 2.67. The van der Waals surface area contributed by atoms with Crippen LogP contribution < -0.4 is 5.73 Å². The van der Waals surface area contributed by atoms with Gasteiger partial charge in [-0.15, -0.1) is 0 Å². The van der Waals surface area contributed by atoms with E-state index in [1.54, 1.807) is 6.92 Å². The molecule has 1 rings (SSSR count). The van der Waals surface area contributed by atoms with Gasteiger partial charge in [0.05, 0.1) is 12.8 Å². The van der Waals surface area contributed by atoms with Gasteiger partial charge >= 0.3 is 5.97 Å². The summed E-state index contributed by atoms with van der Waals surface area (Å²) in [4.78, 5) is 18.6. The van der Waals surface area contributed by atoms with Gasteiger partial charge in [0, 0.05) is 0 Å². The number of nitrogens with two attached hydrogens (primary N) is 1. The quantitative estimate of drug-likeness (QED) is 0.681. The molecule has 1 aromatic heterocycles. The summed E-state index contributed by atoms with van der Waals surface area (Å²) < 4.78 is 4.45. The van der Waals surface area contributed by atoms with Crippen LogP contribution in [-0.2, 0) is 4.74 Å². The maximum Gasteiger partial charge on any atom is 0.360 e. The monoisotopic (exact) mass is 201 g/mol. The molecule has 13 heavy (non-hydrogen) atoms. The number of methoxy groups -OCH3 is 1. The highest BCUT2D eigenvalue weighted by molar-refractivity contribution is 6.30. The Balaban J connectivity index is 3.23. The molecule has 6 heteroatoms. The van der Waals surface area contributed by atoms with Gasteiger partial charge in [-0.1, -0.05) is 11.6 Å². The maximum absolute atomic E-state index is 11.0. The number of carbonyl (C=O) groups is 1. The van der Waals surface area contributed by atoms with Crippen LogP contribution in [0.2, 0.25) is 5.15 Å². The average molecular weight is 202 g/mol. The fourth-order valence-corrected chi connectivity index (χ4v) is 0.891. The lowest BCUT2D eigenvalue weighted by Crippen LogP contribution is -2.11. The summed E-state index contributed by atoms with van der Waals surface area (Å²) >= 11 is 5.63. The maximum atomic E-state index is 11.0. The second-order valence-corrected chi connectivity index (χ2v) is 2.68. The Morgan fingerprint density at radius 3 is 2.69 bits per heavy atom. The van der Waals surface area contributed by atoms with Crippen molar-refractivity contribution in [3.63, 3.8) is 0 Å². The van der Waals surface area contributed by atoms with E-state index in [4.69, 9.17) is 17.3 Å². The van der Waals surface area contributed by atoms with E-state index < -0.39 is 5.97 Å². The van der Waals surface area contributed by atoms with Gasteiger partial charge in [-0.05, 0) is 6.92 Å². The molecule has 5 nitrogen and oxygen atoms in total. The third kappa shape index (κ3) is 1.86. The predicted molar refractivity (Wildman–Crippen MR) is 47.5 cm³/mol. The lowest BCUT2D eigenvalue weighted by atomic mass is 10.4. The van der Waals surface area contributed by atoms with Gasteiger partial charge in [0.2, 0.25) is 0 Å². The molecule has 0 spiro atoms. The molecule has 0 aliphatic heterocycles. The number of ether oxygens (including phenoxy) is 1. The summed E-state index contributed by atoms with van der Waals surface area (Å²) in [6, 6.07) is 0. The molecule has 0 aliphatic rings. The number of carbonyl (C=O) groups excluding carboxylic acids is 1. The van der Waals surface area contributed by atoms with E-state index in [1.807, 2.05) is 0 Å². The summed E-state index contributed by atoms with van der Waals surface area (Å²) in [5, 5.41) is 0.185.